The highest BCUT2D eigenvalue weighted by Crippen LogP contribution is 2.32. The van der Waals surface area contributed by atoms with Gasteiger partial charge in [0.1, 0.15) is 0 Å². The molecule has 0 aliphatic carbocycles. The molecule has 2 heterocycles. The fourth-order valence-corrected chi connectivity index (χ4v) is 2.95. The summed E-state index contributed by atoms with van der Waals surface area (Å²) in [5.74, 6) is 0. The second-order valence-electron chi connectivity index (χ2n) is 5.19. The number of rotatable bonds is 5. The number of pyridine rings is 1. The minimum Gasteiger partial charge on any atom is -0.301 e. The average Bonchev–Trinajstić information content (AvgIpc) is 3.09. The highest BCUT2D eigenvalue weighted by atomic mass is 32.1. The van der Waals surface area contributed by atoms with Crippen molar-refractivity contribution in [1.82, 2.24) is 15.3 Å². The van der Waals surface area contributed by atoms with Crippen molar-refractivity contribution in [3.8, 4) is 0 Å². The van der Waals surface area contributed by atoms with Crippen LogP contribution in [0.1, 0.15) is 27.6 Å². The van der Waals surface area contributed by atoms with E-state index >= 15 is 0 Å². The van der Waals surface area contributed by atoms with Crippen LogP contribution in [0.2, 0.25) is 0 Å². The number of thiazole rings is 1. The second-order valence-corrected chi connectivity index (χ2v) is 6.16. The highest BCUT2D eigenvalue weighted by Gasteiger charge is 2.31. The Morgan fingerprint density at radius 2 is 1.88 bits per heavy atom. The lowest BCUT2D eigenvalue weighted by Gasteiger charge is -2.20. The molecule has 24 heavy (non-hydrogen) atoms. The molecule has 7 heteroatoms. The molecule has 0 spiro atoms. The Morgan fingerprint density at radius 1 is 1.04 bits per heavy atom. The molecular formula is C17H14F3N3S. The Kier molecular flexibility index (Phi) is 4.92. The first-order valence-electron chi connectivity index (χ1n) is 7.22. The number of hydrogen-bond donors (Lipinski definition) is 1. The number of nitrogens with zero attached hydrogens (tertiary/aromatic N) is 2. The number of aromatic nitrogens is 2. The Balaban J connectivity index is 1.92. The van der Waals surface area contributed by atoms with E-state index in [1.807, 2.05) is 6.07 Å². The van der Waals surface area contributed by atoms with Crippen LogP contribution in [0.5, 0.6) is 0 Å². The minimum atomic E-state index is -4.37. The van der Waals surface area contributed by atoms with Gasteiger partial charge in [-0.25, -0.2) is 0 Å². The predicted octanol–water partition coefficient (Wildman–Crippen LogP) is 4.44. The summed E-state index contributed by atoms with van der Waals surface area (Å²) in [7, 11) is 0. The maximum absolute atomic E-state index is 13.0. The zero-order chi connectivity index (χ0) is 17.0. The predicted molar refractivity (Wildman–Crippen MR) is 86.5 cm³/mol. The topological polar surface area (TPSA) is 37.8 Å². The molecule has 3 rings (SSSR count). The number of alkyl halides is 3. The minimum absolute atomic E-state index is 0.386. The van der Waals surface area contributed by atoms with E-state index in [9.17, 15) is 13.2 Å². The molecule has 3 aromatic rings. The van der Waals surface area contributed by atoms with Crippen molar-refractivity contribution < 1.29 is 13.2 Å². The van der Waals surface area contributed by atoms with Crippen LogP contribution in [0.3, 0.4) is 0 Å². The Morgan fingerprint density at radius 3 is 2.54 bits per heavy atom. The van der Waals surface area contributed by atoms with Gasteiger partial charge in [0.2, 0.25) is 0 Å². The molecule has 0 radical (unpaired) electrons. The van der Waals surface area contributed by atoms with Gasteiger partial charge in [0.25, 0.3) is 0 Å². The fraction of sp³-hybridized carbons (Fsp3) is 0.176. The molecule has 0 saturated carbocycles. The summed E-state index contributed by atoms with van der Waals surface area (Å²) >= 11 is 1.49. The van der Waals surface area contributed by atoms with Gasteiger partial charge in [0, 0.05) is 30.0 Å². The zero-order valence-electron chi connectivity index (χ0n) is 12.5. The smallest absolute Gasteiger partial charge is 0.301 e. The molecule has 0 unspecified atom stereocenters. The quantitative estimate of drug-likeness (QED) is 0.740. The number of nitrogens with one attached hydrogen (secondary N) is 1. The lowest BCUT2D eigenvalue weighted by molar-refractivity contribution is -0.137. The second kappa shape index (κ2) is 7.11. The van der Waals surface area contributed by atoms with Gasteiger partial charge in [-0.1, -0.05) is 18.2 Å². The van der Waals surface area contributed by atoms with Crippen molar-refractivity contribution in [2.24, 2.45) is 0 Å². The van der Waals surface area contributed by atoms with Crippen molar-refractivity contribution in [2.45, 2.75) is 18.8 Å². The summed E-state index contributed by atoms with van der Waals surface area (Å²) in [6.07, 6.45) is 0.664. The molecule has 2 aromatic heterocycles. The maximum Gasteiger partial charge on any atom is 0.416 e. The summed E-state index contributed by atoms with van der Waals surface area (Å²) in [5, 5.41) is 3.30. The largest absolute Gasteiger partial charge is 0.416 e. The SMILES string of the molecule is FC(F)(F)c1cccc([C@H](NCc2cncs2)c2cccnc2)c1. The van der Waals surface area contributed by atoms with Crippen LogP contribution >= 0.6 is 11.3 Å². The van der Waals surface area contributed by atoms with Crippen LogP contribution in [0.4, 0.5) is 13.2 Å². The first kappa shape index (κ1) is 16.6. The van der Waals surface area contributed by atoms with Crippen LogP contribution in [0.25, 0.3) is 0 Å². The summed E-state index contributed by atoms with van der Waals surface area (Å²) in [6.45, 7) is 0.514. The third kappa shape index (κ3) is 3.98. The molecule has 0 bridgehead atoms. The van der Waals surface area contributed by atoms with Crippen LogP contribution in [-0.2, 0) is 12.7 Å². The van der Waals surface area contributed by atoms with E-state index in [4.69, 9.17) is 0 Å². The van der Waals surface area contributed by atoms with Gasteiger partial charge < -0.3 is 5.32 Å². The lowest BCUT2D eigenvalue weighted by atomic mass is 9.98. The third-order valence-corrected chi connectivity index (χ3v) is 4.31. The molecule has 1 N–H and O–H groups in total. The van der Waals surface area contributed by atoms with Crippen molar-refractivity contribution in [3.63, 3.8) is 0 Å². The number of halogens is 3. The number of hydrogen-bond acceptors (Lipinski definition) is 4. The van der Waals surface area contributed by atoms with Crippen LogP contribution in [0, 0.1) is 0 Å². The standard InChI is InChI=1S/C17H14F3N3S/c18-17(19,20)14-5-1-3-12(7-14)16(13-4-2-6-21-8-13)23-10-15-9-22-11-24-15/h1-9,11,16,23H,10H2/t16-/m0/s1. The van der Waals surface area contributed by atoms with Gasteiger partial charge >= 0.3 is 6.18 Å². The molecule has 1 aromatic carbocycles. The Hall–Kier alpha value is -2.25. The lowest BCUT2D eigenvalue weighted by Crippen LogP contribution is -2.22. The zero-order valence-corrected chi connectivity index (χ0v) is 13.3. The van der Waals surface area contributed by atoms with E-state index in [1.165, 1.54) is 23.5 Å². The van der Waals surface area contributed by atoms with Crippen LogP contribution in [0.15, 0.2) is 60.5 Å². The Labute approximate surface area is 141 Å². The van der Waals surface area contributed by atoms with Crippen molar-refractivity contribution >= 4 is 11.3 Å². The van der Waals surface area contributed by atoms with Crippen LogP contribution in [-0.4, -0.2) is 9.97 Å². The Bertz CT molecular complexity index is 773. The van der Waals surface area contributed by atoms with Crippen molar-refractivity contribution in [2.75, 3.05) is 0 Å². The molecular weight excluding hydrogens is 335 g/mol. The third-order valence-electron chi connectivity index (χ3n) is 3.53. The van der Waals surface area contributed by atoms with Gasteiger partial charge in [0.05, 0.1) is 17.1 Å². The van der Waals surface area contributed by atoms with Gasteiger partial charge in [-0.05, 0) is 29.3 Å². The van der Waals surface area contributed by atoms with E-state index in [0.29, 0.717) is 12.1 Å². The first-order valence-corrected chi connectivity index (χ1v) is 8.10. The molecule has 1 atom stereocenters. The molecule has 0 fully saturated rings. The first-order chi connectivity index (χ1) is 11.5. The van der Waals surface area contributed by atoms with E-state index in [-0.39, 0.29) is 6.04 Å². The highest BCUT2D eigenvalue weighted by molar-refractivity contribution is 7.09. The van der Waals surface area contributed by atoms with E-state index in [0.717, 1.165) is 16.5 Å². The maximum atomic E-state index is 13.0. The number of benzene rings is 1. The summed E-state index contributed by atoms with van der Waals surface area (Å²) in [4.78, 5) is 9.09. The van der Waals surface area contributed by atoms with Gasteiger partial charge in [-0.2, -0.15) is 13.2 Å². The van der Waals surface area contributed by atoms with E-state index < -0.39 is 11.7 Å². The van der Waals surface area contributed by atoms with Gasteiger partial charge in [-0.3, -0.25) is 9.97 Å². The molecule has 0 aliphatic rings. The van der Waals surface area contributed by atoms with Crippen molar-refractivity contribution in [1.29, 1.82) is 0 Å². The van der Waals surface area contributed by atoms with Crippen molar-refractivity contribution in [3.05, 3.63) is 82.1 Å². The van der Waals surface area contributed by atoms with Gasteiger partial charge in [0.15, 0.2) is 0 Å². The monoisotopic (exact) mass is 349 g/mol. The summed E-state index contributed by atoms with van der Waals surface area (Å²) in [5.41, 5.74) is 2.41. The fourth-order valence-electron chi connectivity index (χ4n) is 2.40. The van der Waals surface area contributed by atoms with E-state index in [2.05, 4.69) is 15.3 Å². The summed E-state index contributed by atoms with van der Waals surface area (Å²) in [6, 6.07) is 8.59. The normalized spacial score (nSPS) is 13.0. The van der Waals surface area contributed by atoms with E-state index in [1.54, 1.807) is 36.2 Å². The summed E-state index contributed by atoms with van der Waals surface area (Å²) < 4.78 is 39.0. The molecule has 0 amide bonds. The molecule has 3 nitrogen and oxygen atoms in total. The molecule has 0 saturated heterocycles. The molecule has 0 aliphatic heterocycles. The van der Waals surface area contributed by atoms with Gasteiger partial charge in [-0.15, -0.1) is 11.3 Å². The van der Waals surface area contributed by atoms with Crippen LogP contribution < -0.4 is 5.32 Å². The molecule has 124 valence electrons. The average molecular weight is 349 g/mol.